The lowest BCUT2D eigenvalue weighted by molar-refractivity contribution is 0.0638. The zero-order valence-electron chi connectivity index (χ0n) is 16.6. The first-order valence-electron chi connectivity index (χ1n) is 9.50. The van der Waals surface area contributed by atoms with Crippen molar-refractivity contribution >= 4 is 29.1 Å². The maximum atomic E-state index is 12.7. The maximum Gasteiger partial charge on any atom is 0.253 e. The maximum absolute atomic E-state index is 12.7. The number of nitrogens with zero attached hydrogens (tertiary/aromatic N) is 2. The highest BCUT2D eigenvalue weighted by molar-refractivity contribution is 6.42. The summed E-state index contributed by atoms with van der Waals surface area (Å²) in [6.45, 7) is 8.44. The van der Waals surface area contributed by atoms with Crippen molar-refractivity contribution in [3.8, 4) is 5.75 Å². The Hall–Kier alpha value is -1.75. The molecule has 1 saturated heterocycles. The summed E-state index contributed by atoms with van der Waals surface area (Å²) in [5.41, 5.74) is 4.45. The molecule has 2 aromatic rings. The third-order valence-corrected chi connectivity index (χ3v) is 6.33. The average Bonchev–Trinajstić information content (AvgIpc) is 2.71. The Bertz CT molecular complexity index is 862. The Morgan fingerprint density at radius 1 is 1.00 bits per heavy atom. The molecule has 0 aliphatic carbocycles. The van der Waals surface area contributed by atoms with Gasteiger partial charge in [0.25, 0.3) is 5.91 Å². The van der Waals surface area contributed by atoms with E-state index < -0.39 is 0 Å². The van der Waals surface area contributed by atoms with E-state index >= 15 is 0 Å². The van der Waals surface area contributed by atoms with Crippen LogP contribution in [0.15, 0.2) is 30.3 Å². The fourth-order valence-corrected chi connectivity index (χ4v) is 3.91. The average molecular weight is 421 g/mol. The Balaban J connectivity index is 1.54. The van der Waals surface area contributed by atoms with Crippen LogP contribution in [-0.2, 0) is 6.42 Å². The number of methoxy groups -OCH3 is 1. The Labute approximate surface area is 177 Å². The lowest BCUT2D eigenvalue weighted by Crippen LogP contribution is -2.49. The van der Waals surface area contributed by atoms with Crippen LogP contribution >= 0.6 is 23.2 Å². The predicted molar refractivity (Wildman–Crippen MR) is 115 cm³/mol. The van der Waals surface area contributed by atoms with Gasteiger partial charge in [-0.15, -0.1) is 0 Å². The Morgan fingerprint density at radius 3 is 2.36 bits per heavy atom. The van der Waals surface area contributed by atoms with E-state index in [0.29, 0.717) is 15.6 Å². The number of halogens is 2. The standard InChI is InChI=1S/C22H26Cl2N2O2/c1-15-16(2)21(28-3)7-5-17(15)8-9-25-10-12-26(13-11-25)22(27)18-4-6-19(23)20(24)14-18/h4-7,14H,8-13H2,1-3H3. The first-order valence-corrected chi connectivity index (χ1v) is 10.3. The molecule has 3 rings (SSSR count). The van der Waals surface area contributed by atoms with Gasteiger partial charge in [0, 0.05) is 38.3 Å². The molecule has 1 amide bonds. The first-order chi connectivity index (χ1) is 13.4. The van der Waals surface area contributed by atoms with Gasteiger partial charge in [-0.05, 0) is 61.2 Å². The van der Waals surface area contributed by atoms with Crippen molar-refractivity contribution in [2.24, 2.45) is 0 Å². The largest absolute Gasteiger partial charge is 0.496 e. The molecule has 0 aromatic heterocycles. The second-order valence-electron chi connectivity index (χ2n) is 7.19. The van der Waals surface area contributed by atoms with Gasteiger partial charge in [0.2, 0.25) is 0 Å². The van der Waals surface area contributed by atoms with Crippen LogP contribution in [0.25, 0.3) is 0 Å². The second kappa shape index (κ2) is 9.17. The molecule has 0 atom stereocenters. The van der Waals surface area contributed by atoms with Gasteiger partial charge in [0.1, 0.15) is 5.75 Å². The Morgan fingerprint density at radius 2 is 1.71 bits per heavy atom. The van der Waals surface area contributed by atoms with Crippen LogP contribution in [0.3, 0.4) is 0 Å². The molecule has 1 heterocycles. The number of ether oxygens (including phenoxy) is 1. The minimum atomic E-state index is 0.0137. The van der Waals surface area contributed by atoms with E-state index in [-0.39, 0.29) is 5.91 Å². The summed E-state index contributed by atoms with van der Waals surface area (Å²) in [7, 11) is 1.71. The number of rotatable bonds is 5. The molecule has 0 N–H and O–H groups in total. The lowest BCUT2D eigenvalue weighted by atomic mass is 9.99. The monoisotopic (exact) mass is 420 g/mol. The number of carbonyl (C=O) groups is 1. The van der Waals surface area contributed by atoms with Crippen LogP contribution in [0.1, 0.15) is 27.0 Å². The van der Waals surface area contributed by atoms with Crippen molar-refractivity contribution < 1.29 is 9.53 Å². The summed E-state index contributed by atoms with van der Waals surface area (Å²) >= 11 is 12.0. The van der Waals surface area contributed by atoms with Crippen LogP contribution < -0.4 is 4.74 Å². The summed E-state index contributed by atoms with van der Waals surface area (Å²) in [6.07, 6.45) is 0.997. The normalized spacial score (nSPS) is 15.0. The van der Waals surface area contributed by atoms with E-state index in [9.17, 15) is 4.79 Å². The van der Waals surface area contributed by atoms with Gasteiger partial charge in [-0.3, -0.25) is 9.69 Å². The van der Waals surface area contributed by atoms with Gasteiger partial charge >= 0.3 is 0 Å². The molecule has 1 fully saturated rings. The van der Waals surface area contributed by atoms with E-state index in [4.69, 9.17) is 27.9 Å². The van der Waals surface area contributed by atoms with Crippen molar-refractivity contribution in [2.45, 2.75) is 20.3 Å². The molecule has 0 spiro atoms. The van der Waals surface area contributed by atoms with Gasteiger partial charge in [0.15, 0.2) is 0 Å². The highest BCUT2D eigenvalue weighted by Gasteiger charge is 2.22. The topological polar surface area (TPSA) is 32.8 Å². The highest BCUT2D eigenvalue weighted by Crippen LogP contribution is 2.25. The van der Waals surface area contributed by atoms with E-state index in [1.165, 1.54) is 16.7 Å². The summed E-state index contributed by atoms with van der Waals surface area (Å²) in [5.74, 6) is 0.954. The third kappa shape index (κ3) is 4.62. The van der Waals surface area contributed by atoms with E-state index in [1.54, 1.807) is 25.3 Å². The smallest absolute Gasteiger partial charge is 0.253 e. The number of benzene rings is 2. The number of hydrogen-bond donors (Lipinski definition) is 0. The van der Waals surface area contributed by atoms with Crippen LogP contribution in [0.4, 0.5) is 0 Å². The van der Waals surface area contributed by atoms with E-state index in [0.717, 1.165) is 44.9 Å². The number of carbonyl (C=O) groups excluding carboxylic acids is 1. The molecule has 150 valence electrons. The predicted octanol–water partition coefficient (Wildman–Crippen LogP) is 4.62. The van der Waals surface area contributed by atoms with Crippen molar-refractivity contribution in [3.05, 3.63) is 62.6 Å². The number of amides is 1. The van der Waals surface area contributed by atoms with Crippen molar-refractivity contribution in [1.82, 2.24) is 9.80 Å². The summed E-state index contributed by atoms with van der Waals surface area (Å²) in [5, 5.41) is 0.878. The number of piperazine rings is 1. The molecule has 6 heteroatoms. The number of hydrogen-bond acceptors (Lipinski definition) is 3. The zero-order chi connectivity index (χ0) is 20.3. The third-order valence-electron chi connectivity index (χ3n) is 5.59. The van der Waals surface area contributed by atoms with Crippen LogP contribution in [0.2, 0.25) is 10.0 Å². The molecule has 0 bridgehead atoms. The van der Waals surface area contributed by atoms with Gasteiger partial charge in [-0.1, -0.05) is 29.3 Å². The minimum Gasteiger partial charge on any atom is -0.496 e. The molecule has 1 aliphatic heterocycles. The summed E-state index contributed by atoms with van der Waals surface area (Å²) in [6, 6.07) is 9.26. The first kappa shape index (κ1) is 21.0. The quantitative estimate of drug-likeness (QED) is 0.707. The molecular weight excluding hydrogens is 395 g/mol. The fraction of sp³-hybridized carbons (Fsp3) is 0.409. The minimum absolute atomic E-state index is 0.0137. The molecule has 0 saturated carbocycles. The van der Waals surface area contributed by atoms with Crippen molar-refractivity contribution in [2.75, 3.05) is 39.8 Å². The second-order valence-corrected chi connectivity index (χ2v) is 8.00. The van der Waals surface area contributed by atoms with Crippen LogP contribution in [0, 0.1) is 13.8 Å². The van der Waals surface area contributed by atoms with E-state index in [2.05, 4.69) is 24.8 Å². The molecule has 1 aliphatic rings. The lowest BCUT2D eigenvalue weighted by Gasteiger charge is -2.35. The van der Waals surface area contributed by atoms with Gasteiger partial charge < -0.3 is 9.64 Å². The van der Waals surface area contributed by atoms with E-state index in [1.807, 2.05) is 11.0 Å². The molecule has 0 radical (unpaired) electrons. The Kier molecular flexibility index (Phi) is 6.86. The molecule has 28 heavy (non-hydrogen) atoms. The fourth-order valence-electron chi connectivity index (χ4n) is 3.61. The van der Waals surface area contributed by atoms with Crippen molar-refractivity contribution in [1.29, 1.82) is 0 Å². The van der Waals surface area contributed by atoms with Gasteiger partial charge in [-0.25, -0.2) is 0 Å². The summed E-state index contributed by atoms with van der Waals surface area (Å²) in [4.78, 5) is 17.0. The van der Waals surface area contributed by atoms with Gasteiger partial charge in [0.05, 0.1) is 17.2 Å². The molecule has 4 nitrogen and oxygen atoms in total. The summed E-state index contributed by atoms with van der Waals surface area (Å²) < 4.78 is 5.40. The molecular formula is C22H26Cl2N2O2. The SMILES string of the molecule is COc1ccc(CCN2CCN(C(=O)c3ccc(Cl)c(Cl)c3)CC2)c(C)c1C. The molecule has 2 aromatic carbocycles. The van der Waals surface area contributed by atoms with Crippen LogP contribution in [0.5, 0.6) is 5.75 Å². The van der Waals surface area contributed by atoms with Gasteiger partial charge in [-0.2, -0.15) is 0 Å². The molecule has 0 unspecified atom stereocenters. The van der Waals surface area contributed by atoms with Crippen LogP contribution in [-0.4, -0.2) is 55.5 Å². The zero-order valence-corrected chi connectivity index (χ0v) is 18.1. The van der Waals surface area contributed by atoms with Crippen molar-refractivity contribution in [3.63, 3.8) is 0 Å². The highest BCUT2D eigenvalue weighted by atomic mass is 35.5.